The van der Waals surface area contributed by atoms with Crippen molar-refractivity contribution in [3.05, 3.63) is 71.8 Å². The van der Waals surface area contributed by atoms with Crippen molar-refractivity contribution in [2.24, 2.45) is 0 Å². The Kier molecular flexibility index (Phi) is 15.5. The number of hydroxylamine groups is 2. The van der Waals surface area contributed by atoms with E-state index in [-0.39, 0.29) is 22.6 Å². The van der Waals surface area contributed by atoms with Gasteiger partial charge >= 0.3 is 0 Å². The topological polar surface area (TPSA) is 32.7 Å². The monoisotopic (exact) mass is 525 g/mol. The minimum Gasteiger partial charge on any atom is -0.396 e. The predicted molar refractivity (Wildman–Crippen MR) is 165 cm³/mol. The zero-order chi connectivity index (χ0) is 28.7. The van der Waals surface area contributed by atoms with E-state index < -0.39 is 0 Å². The van der Waals surface area contributed by atoms with Gasteiger partial charge in [0, 0.05) is 17.7 Å². The fourth-order valence-electron chi connectivity index (χ4n) is 5.80. The first-order chi connectivity index (χ1) is 18.1. The molecule has 2 atom stereocenters. The molecular weight excluding hydrogens is 466 g/mol. The van der Waals surface area contributed by atoms with Gasteiger partial charge in [0.05, 0.1) is 0 Å². The largest absolute Gasteiger partial charge is 0.396 e. The Morgan fingerprint density at radius 1 is 0.842 bits per heavy atom. The van der Waals surface area contributed by atoms with E-state index in [0.717, 1.165) is 32.1 Å². The molecule has 1 aliphatic heterocycles. The van der Waals surface area contributed by atoms with E-state index in [2.05, 4.69) is 114 Å². The molecule has 0 bridgehead atoms. The van der Waals surface area contributed by atoms with Crippen molar-refractivity contribution in [3.63, 3.8) is 0 Å². The molecule has 1 fully saturated rings. The van der Waals surface area contributed by atoms with Crippen LogP contribution in [0.4, 0.5) is 0 Å². The summed E-state index contributed by atoms with van der Waals surface area (Å²) >= 11 is 0. The maximum absolute atomic E-state index is 8.20. The Labute approximate surface area is 236 Å². The van der Waals surface area contributed by atoms with Crippen LogP contribution >= 0.6 is 0 Å². The summed E-state index contributed by atoms with van der Waals surface area (Å²) in [5.41, 5.74) is 2.81. The van der Waals surface area contributed by atoms with Crippen LogP contribution in [-0.2, 0) is 10.3 Å². The molecular formula is C35H59NO2. The van der Waals surface area contributed by atoms with Crippen molar-refractivity contribution in [2.45, 2.75) is 143 Å². The molecule has 38 heavy (non-hydrogen) atoms. The summed E-state index contributed by atoms with van der Waals surface area (Å²) in [6.07, 6.45) is 10.2. The lowest BCUT2D eigenvalue weighted by Crippen LogP contribution is -2.58. The quantitative estimate of drug-likeness (QED) is 0.296. The third kappa shape index (κ3) is 10.5. The molecule has 0 spiro atoms. The lowest BCUT2D eigenvalue weighted by Gasteiger charge is -2.53. The summed E-state index contributed by atoms with van der Waals surface area (Å²) in [7, 11) is 0. The van der Waals surface area contributed by atoms with E-state index >= 15 is 0 Å². The number of aliphatic hydroxyl groups is 1. The third-order valence-corrected chi connectivity index (χ3v) is 7.75. The molecule has 0 aliphatic carbocycles. The number of piperidine rings is 1. The second kappa shape index (κ2) is 17.1. The van der Waals surface area contributed by atoms with Gasteiger partial charge in [-0.25, -0.2) is 0 Å². The Balaban J connectivity index is 0.000000795. The molecule has 3 rings (SSSR count). The van der Waals surface area contributed by atoms with Crippen LogP contribution in [0.25, 0.3) is 0 Å². The van der Waals surface area contributed by atoms with E-state index in [9.17, 15) is 0 Å². The molecule has 1 saturated heterocycles. The van der Waals surface area contributed by atoms with E-state index in [1.54, 1.807) is 0 Å². The Morgan fingerprint density at radius 3 is 1.82 bits per heavy atom. The molecule has 2 unspecified atom stereocenters. The maximum atomic E-state index is 8.20. The number of rotatable bonds is 11. The summed E-state index contributed by atoms with van der Waals surface area (Å²) in [4.78, 5) is 7.00. The number of unbranched alkanes of at least 4 members (excludes halogenated alkanes) is 2. The van der Waals surface area contributed by atoms with Crippen LogP contribution in [0, 0.1) is 0 Å². The van der Waals surface area contributed by atoms with E-state index in [1.165, 1.54) is 36.8 Å². The molecule has 1 N–H and O–H groups in total. The van der Waals surface area contributed by atoms with Crippen LogP contribution in [0.1, 0.15) is 137 Å². The van der Waals surface area contributed by atoms with Gasteiger partial charge in [0.2, 0.25) is 0 Å². The summed E-state index contributed by atoms with van der Waals surface area (Å²) in [6, 6.07) is 21.8. The highest BCUT2D eigenvalue weighted by Crippen LogP contribution is 2.44. The fraction of sp³-hybridized carbons (Fsp3) is 0.657. The van der Waals surface area contributed by atoms with Crippen molar-refractivity contribution in [3.8, 4) is 0 Å². The predicted octanol–water partition coefficient (Wildman–Crippen LogP) is 10.0. The van der Waals surface area contributed by atoms with Crippen LogP contribution in [0.5, 0.6) is 0 Å². The molecule has 216 valence electrons. The molecule has 1 heterocycles. The highest BCUT2D eigenvalue weighted by Gasteiger charge is 2.44. The minimum atomic E-state index is 0.0274. The summed E-state index contributed by atoms with van der Waals surface area (Å²) in [5, 5.41) is 10.5. The van der Waals surface area contributed by atoms with Crippen molar-refractivity contribution < 1.29 is 9.94 Å². The fourth-order valence-corrected chi connectivity index (χ4v) is 5.80. The van der Waals surface area contributed by atoms with Gasteiger partial charge in [-0.15, -0.1) is 0 Å². The molecule has 0 amide bonds. The van der Waals surface area contributed by atoms with E-state index in [1.807, 2.05) is 13.8 Å². The van der Waals surface area contributed by atoms with Crippen LogP contribution in [-0.4, -0.2) is 27.9 Å². The molecule has 0 radical (unpaired) electrons. The smallest absolute Gasteiger partial charge is 0.105 e. The second-order valence-corrected chi connectivity index (χ2v) is 12.1. The summed E-state index contributed by atoms with van der Waals surface area (Å²) in [6.45, 7) is 20.5. The highest BCUT2D eigenvalue weighted by atomic mass is 16.7. The number of benzene rings is 2. The van der Waals surface area contributed by atoms with Crippen LogP contribution < -0.4 is 0 Å². The zero-order valence-corrected chi connectivity index (χ0v) is 26.2. The highest BCUT2D eigenvalue weighted by molar-refractivity contribution is 5.26. The summed E-state index contributed by atoms with van der Waals surface area (Å²) in [5.74, 6) is 0. The van der Waals surface area contributed by atoms with Gasteiger partial charge < -0.3 is 5.11 Å². The van der Waals surface area contributed by atoms with Gasteiger partial charge in [-0.1, -0.05) is 115 Å². The molecule has 3 nitrogen and oxygen atoms in total. The Hall–Kier alpha value is -1.68. The van der Waals surface area contributed by atoms with Gasteiger partial charge in [-0.2, -0.15) is 5.06 Å². The first-order valence-electron chi connectivity index (χ1n) is 15.3. The Bertz CT molecular complexity index is 829. The molecule has 0 aromatic heterocycles. The minimum absolute atomic E-state index is 0.0274. The van der Waals surface area contributed by atoms with Crippen LogP contribution in [0.15, 0.2) is 60.7 Å². The molecule has 1 aliphatic rings. The average Bonchev–Trinajstić information content (AvgIpc) is 2.91. The first kappa shape index (κ1) is 34.3. The van der Waals surface area contributed by atoms with E-state index in [0.29, 0.717) is 6.61 Å². The van der Waals surface area contributed by atoms with Gasteiger partial charge in [0.25, 0.3) is 0 Å². The molecule has 2 aromatic carbocycles. The lowest BCUT2D eigenvalue weighted by molar-refractivity contribution is -0.310. The normalized spacial score (nSPS) is 18.7. The van der Waals surface area contributed by atoms with Crippen molar-refractivity contribution in [2.75, 3.05) is 6.61 Å². The Morgan fingerprint density at radius 2 is 1.37 bits per heavy atom. The van der Waals surface area contributed by atoms with Gasteiger partial charge in [0.15, 0.2) is 0 Å². The second-order valence-electron chi connectivity index (χ2n) is 12.1. The summed E-state index contributed by atoms with van der Waals surface area (Å²) < 4.78 is 0. The maximum Gasteiger partial charge on any atom is 0.105 e. The first-order valence-corrected chi connectivity index (χ1v) is 15.3. The van der Waals surface area contributed by atoms with Crippen molar-refractivity contribution in [1.82, 2.24) is 5.06 Å². The standard InChI is InChI=1S/C28H41NO.C5H12O.C2H6/c1-7-19-28(6,24-17-12-9-13-18-24)22-25(23-15-10-8-11-16-23)30-29-26(2,3)20-14-21-27(29,4)5;1-2-3-4-5-6;1-2/h8-13,15-18,25H,7,14,19-22H2,1-6H3;6H,2-5H2,1H3;1-2H3. The van der Waals surface area contributed by atoms with Gasteiger partial charge in [-0.05, 0) is 82.8 Å². The number of nitrogens with zero attached hydrogens (tertiary/aromatic N) is 1. The van der Waals surface area contributed by atoms with Crippen LogP contribution in [0.2, 0.25) is 0 Å². The molecule has 3 heteroatoms. The van der Waals surface area contributed by atoms with Gasteiger partial charge in [0.1, 0.15) is 6.10 Å². The van der Waals surface area contributed by atoms with Crippen molar-refractivity contribution in [1.29, 1.82) is 0 Å². The average molecular weight is 526 g/mol. The van der Waals surface area contributed by atoms with Crippen molar-refractivity contribution >= 4 is 0 Å². The lowest BCUT2D eigenvalue weighted by atomic mass is 9.73. The number of hydrogen-bond donors (Lipinski definition) is 1. The van der Waals surface area contributed by atoms with Crippen LogP contribution in [0.3, 0.4) is 0 Å². The third-order valence-electron chi connectivity index (χ3n) is 7.75. The van der Waals surface area contributed by atoms with E-state index in [4.69, 9.17) is 9.94 Å². The molecule has 2 aromatic rings. The van der Waals surface area contributed by atoms with Gasteiger partial charge in [-0.3, -0.25) is 4.84 Å². The SMILES string of the molecule is CC.CCCC(C)(CC(ON1C(C)(C)CCCC1(C)C)c1ccccc1)c1ccccc1.CCCCCO. The number of hydrogen-bond acceptors (Lipinski definition) is 3. The zero-order valence-electron chi connectivity index (χ0n) is 26.2. The number of aliphatic hydroxyl groups excluding tert-OH is 1. The molecule has 0 saturated carbocycles.